The van der Waals surface area contributed by atoms with Gasteiger partial charge in [-0.2, -0.15) is 13.2 Å². The lowest BCUT2D eigenvalue weighted by molar-refractivity contribution is -0.157. The molecule has 0 spiro atoms. The molecule has 82 valence electrons. The summed E-state index contributed by atoms with van der Waals surface area (Å²) >= 11 is 0. The highest BCUT2D eigenvalue weighted by Crippen LogP contribution is 2.18. The Morgan fingerprint density at radius 1 is 1.36 bits per heavy atom. The summed E-state index contributed by atoms with van der Waals surface area (Å²) in [7, 11) is 0. The van der Waals surface area contributed by atoms with Gasteiger partial charge in [0.05, 0.1) is 6.61 Å². The van der Waals surface area contributed by atoms with Crippen molar-refractivity contribution < 1.29 is 33.0 Å². The first kappa shape index (κ1) is 12.7. The fourth-order valence-corrected chi connectivity index (χ4v) is 0.613. The first-order chi connectivity index (χ1) is 6.26. The van der Waals surface area contributed by atoms with E-state index in [1.54, 1.807) is 0 Å². The van der Waals surface area contributed by atoms with E-state index in [1.807, 2.05) is 0 Å². The van der Waals surface area contributed by atoms with Crippen molar-refractivity contribution >= 4 is 11.9 Å². The van der Waals surface area contributed by atoms with Crippen molar-refractivity contribution in [1.29, 1.82) is 0 Å². The zero-order chi connectivity index (χ0) is 11.4. The van der Waals surface area contributed by atoms with Gasteiger partial charge >= 0.3 is 12.1 Å². The molecule has 0 bridgehead atoms. The second-order valence-electron chi connectivity index (χ2n) is 2.43. The summed E-state index contributed by atoms with van der Waals surface area (Å²) in [5, 5.41) is 18.1. The fraction of sp³-hybridized carbons (Fsp3) is 0.667. The van der Waals surface area contributed by atoms with E-state index in [-0.39, 0.29) is 0 Å². The molecule has 0 radical (unpaired) electrons. The van der Waals surface area contributed by atoms with Gasteiger partial charge in [-0.1, -0.05) is 0 Å². The van der Waals surface area contributed by atoms with E-state index in [2.05, 4.69) is 0 Å². The Labute approximate surface area is 76.5 Å². The van der Waals surface area contributed by atoms with Gasteiger partial charge in [0.25, 0.3) is 0 Å². The number of nitrogens with one attached hydrogen (secondary N) is 1. The summed E-state index contributed by atoms with van der Waals surface area (Å²) in [6, 6.07) is -1.70. The summed E-state index contributed by atoms with van der Waals surface area (Å²) in [5.74, 6) is -3.08. The number of amides is 1. The number of carboxylic acids is 1. The Kier molecular flexibility index (Phi) is 4.35. The van der Waals surface area contributed by atoms with Gasteiger partial charge in [0, 0.05) is 0 Å². The maximum absolute atomic E-state index is 11.6. The fourth-order valence-electron chi connectivity index (χ4n) is 0.613. The minimum atomic E-state index is -4.69. The van der Waals surface area contributed by atoms with Crippen molar-refractivity contribution in [3.63, 3.8) is 0 Å². The Balaban J connectivity index is 4.11. The van der Waals surface area contributed by atoms with Crippen molar-refractivity contribution in [2.75, 3.05) is 6.61 Å². The smallest absolute Gasteiger partial charge is 0.397 e. The first-order valence-corrected chi connectivity index (χ1v) is 3.46. The molecule has 1 atom stereocenters. The Hall–Kier alpha value is -1.31. The van der Waals surface area contributed by atoms with Gasteiger partial charge < -0.3 is 15.5 Å². The standard InChI is InChI=1S/C6H8F3NO4/c7-6(8,9)1-4(12)10-3(2-11)5(13)14/h3,11H,1-2H2,(H,10,12)(H,13,14)/t3-/m1/s1. The summed E-state index contributed by atoms with van der Waals surface area (Å²) < 4.78 is 34.8. The largest absolute Gasteiger partial charge is 0.480 e. The second-order valence-corrected chi connectivity index (χ2v) is 2.43. The van der Waals surface area contributed by atoms with Gasteiger partial charge in [0.1, 0.15) is 12.5 Å². The zero-order valence-corrected chi connectivity index (χ0v) is 6.84. The maximum atomic E-state index is 11.6. The topological polar surface area (TPSA) is 86.6 Å². The lowest BCUT2D eigenvalue weighted by Crippen LogP contribution is -2.44. The number of aliphatic hydroxyl groups is 1. The van der Waals surface area contributed by atoms with Crippen molar-refractivity contribution in [2.45, 2.75) is 18.6 Å². The average molecular weight is 215 g/mol. The third kappa shape index (κ3) is 5.36. The molecule has 0 unspecified atom stereocenters. The molecule has 0 aromatic carbocycles. The number of hydrogen-bond donors (Lipinski definition) is 3. The van der Waals surface area contributed by atoms with Gasteiger partial charge in [-0.15, -0.1) is 0 Å². The van der Waals surface area contributed by atoms with Crippen LogP contribution in [0.3, 0.4) is 0 Å². The molecule has 0 aliphatic rings. The summed E-state index contributed by atoms with van der Waals surface area (Å²) in [6.07, 6.45) is -6.46. The van der Waals surface area contributed by atoms with Crippen LogP contribution in [0.2, 0.25) is 0 Å². The van der Waals surface area contributed by atoms with Crippen LogP contribution in [0, 0.1) is 0 Å². The van der Waals surface area contributed by atoms with E-state index in [4.69, 9.17) is 10.2 Å². The molecule has 0 saturated carbocycles. The SMILES string of the molecule is O=C(CC(F)(F)F)N[C@H](CO)C(=O)O. The van der Waals surface area contributed by atoms with Crippen molar-refractivity contribution in [1.82, 2.24) is 5.32 Å². The van der Waals surface area contributed by atoms with Gasteiger partial charge in [-0.05, 0) is 0 Å². The molecule has 8 heteroatoms. The first-order valence-electron chi connectivity index (χ1n) is 3.46. The predicted octanol–water partition coefficient (Wildman–Crippen LogP) is -0.500. The lowest BCUT2D eigenvalue weighted by Gasteiger charge is -2.12. The highest BCUT2D eigenvalue weighted by atomic mass is 19.4. The Bertz CT molecular complexity index is 228. The molecule has 3 N–H and O–H groups in total. The molecule has 14 heavy (non-hydrogen) atoms. The average Bonchev–Trinajstić information content (AvgIpc) is 1.96. The molecule has 5 nitrogen and oxygen atoms in total. The van der Waals surface area contributed by atoms with Crippen molar-refractivity contribution in [3.05, 3.63) is 0 Å². The summed E-state index contributed by atoms with van der Waals surface area (Å²) in [6.45, 7) is -0.959. The normalized spacial score (nSPS) is 13.4. The van der Waals surface area contributed by atoms with E-state index in [9.17, 15) is 22.8 Å². The van der Waals surface area contributed by atoms with Gasteiger partial charge in [0.15, 0.2) is 0 Å². The van der Waals surface area contributed by atoms with Crippen LogP contribution in [0.15, 0.2) is 0 Å². The molecule has 0 aliphatic heterocycles. The molecule has 0 aromatic rings. The summed E-state index contributed by atoms with van der Waals surface area (Å²) in [4.78, 5) is 20.7. The van der Waals surface area contributed by atoms with Crippen molar-refractivity contribution in [3.8, 4) is 0 Å². The van der Waals surface area contributed by atoms with Crippen LogP contribution in [0.4, 0.5) is 13.2 Å². The predicted molar refractivity (Wildman–Crippen MR) is 37.3 cm³/mol. The number of carboxylic acid groups (broad SMARTS) is 1. The van der Waals surface area contributed by atoms with Crippen LogP contribution in [-0.4, -0.2) is 40.9 Å². The molecular formula is C6H8F3NO4. The Morgan fingerprint density at radius 3 is 2.14 bits per heavy atom. The van der Waals surface area contributed by atoms with Crippen molar-refractivity contribution in [2.24, 2.45) is 0 Å². The molecule has 0 aromatic heterocycles. The van der Waals surface area contributed by atoms with E-state index < -0.39 is 37.1 Å². The molecular weight excluding hydrogens is 207 g/mol. The number of carbonyl (C=O) groups is 2. The quantitative estimate of drug-likeness (QED) is 0.590. The molecule has 0 saturated heterocycles. The zero-order valence-electron chi connectivity index (χ0n) is 6.84. The van der Waals surface area contributed by atoms with Crippen LogP contribution in [0.1, 0.15) is 6.42 Å². The van der Waals surface area contributed by atoms with Crippen LogP contribution >= 0.6 is 0 Å². The number of rotatable bonds is 4. The Morgan fingerprint density at radius 2 is 1.86 bits per heavy atom. The second kappa shape index (κ2) is 4.80. The monoisotopic (exact) mass is 215 g/mol. The van der Waals surface area contributed by atoms with Crippen LogP contribution in [0.25, 0.3) is 0 Å². The van der Waals surface area contributed by atoms with Crippen LogP contribution in [-0.2, 0) is 9.59 Å². The van der Waals surface area contributed by atoms with E-state index in [1.165, 1.54) is 5.32 Å². The third-order valence-electron chi connectivity index (χ3n) is 1.18. The van der Waals surface area contributed by atoms with E-state index >= 15 is 0 Å². The highest BCUT2D eigenvalue weighted by Gasteiger charge is 2.32. The molecule has 0 heterocycles. The molecule has 1 amide bonds. The number of aliphatic carboxylic acids is 1. The highest BCUT2D eigenvalue weighted by molar-refractivity contribution is 5.83. The minimum absolute atomic E-state index is 0.959. The van der Waals surface area contributed by atoms with Crippen LogP contribution in [0.5, 0.6) is 0 Å². The third-order valence-corrected chi connectivity index (χ3v) is 1.18. The number of aliphatic hydroxyl groups excluding tert-OH is 1. The van der Waals surface area contributed by atoms with Gasteiger partial charge in [-0.3, -0.25) is 4.79 Å². The molecule has 0 rings (SSSR count). The van der Waals surface area contributed by atoms with E-state index in [0.717, 1.165) is 0 Å². The molecule has 0 fully saturated rings. The van der Waals surface area contributed by atoms with Gasteiger partial charge in [-0.25, -0.2) is 4.79 Å². The molecule has 0 aliphatic carbocycles. The number of hydrogen-bond acceptors (Lipinski definition) is 3. The van der Waals surface area contributed by atoms with Crippen LogP contribution < -0.4 is 5.32 Å². The lowest BCUT2D eigenvalue weighted by atomic mass is 10.3. The minimum Gasteiger partial charge on any atom is -0.480 e. The number of alkyl halides is 3. The number of halogens is 3. The maximum Gasteiger partial charge on any atom is 0.397 e. The summed E-state index contributed by atoms with van der Waals surface area (Å²) in [5.41, 5.74) is 0. The van der Waals surface area contributed by atoms with E-state index in [0.29, 0.717) is 0 Å². The van der Waals surface area contributed by atoms with Gasteiger partial charge in [0.2, 0.25) is 5.91 Å². The number of carbonyl (C=O) groups excluding carboxylic acids is 1.